The van der Waals surface area contributed by atoms with Crippen molar-refractivity contribution in [2.24, 2.45) is 0 Å². The number of halogens is 1. The highest BCUT2D eigenvalue weighted by atomic mass is 35.5. The van der Waals surface area contributed by atoms with Gasteiger partial charge in [0.2, 0.25) is 5.82 Å². The van der Waals surface area contributed by atoms with Crippen molar-refractivity contribution in [3.05, 3.63) is 30.3 Å². The van der Waals surface area contributed by atoms with E-state index in [-0.39, 0.29) is 24.6 Å². The Morgan fingerprint density at radius 3 is 2.85 bits per heavy atom. The molecule has 2 atom stereocenters. The van der Waals surface area contributed by atoms with Crippen LogP contribution in [0.25, 0.3) is 11.4 Å². The molecule has 1 fully saturated rings. The van der Waals surface area contributed by atoms with Crippen LogP contribution in [0, 0.1) is 0 Å². The summed E-state index contributed by atoms with van der Waals surface area (Å²) < 4.78 is 10.6. The Bertz CT molecular complexity index is 534. The fourth-order valence-corrected chi connectivity index (χ4v) is 2.19. The van der Waals surface area contributed by atoms with Crippen LogP contribution in [0.5, 0.6) is 0 Å². The fraction of sp³-hybridized carbons (Fsp3) is 0.385. The van der Waals surface area contributed by atoms with Crippen molar-refractivity contribution in [3.8, 4) is 11.4 Å². The third-order valence-electron chi connectivity index (χ3n) is 3.23. The Hall–Kier alpha value is -1.63. The Morgan fingerprint density at radius 1 is 1.30 bits per heavy atom. The first-order valence-corrected chi connectivity index (χ1v) is 6.26. The number of aromatic nitrogens is 2. The van der Waals surface area contributed by atoms with Gasteiger partial charge in [-0.05, 0) is 0 Å². The zero-order chi connectivity index (χ0) is 13.1. The quantitative estimate of drug-likeness (QED) is 0.892. The molecule has 108 valence electrons. The maximum atomic E-state index is 5.37. The van der Waals surface area contributed by atoms with E-state index in [1.165, 1.54) is 0 Å². The minimum Gasteiger partial charge on any atom is -0.378 e. The van der Waals surface area contributed by atoms with Gasteiger partial charge in [-0.15, -0.1) is 12.4 Å². The number of hydrogen-bond donors (Lipinski definition) is 2. The van der Waals surface area contributed by atoms with Crippen LogP contribution < -0.4 is 10.6 Å². The van der Waals surface area contributed by atoms with Crippen LogP contribution >= 0.6 is 12.4 Å². The maximum Gasteiger partial charge on any atom is 0.322 e. The van der Waals surface area contributed by atoms with E-state index in [0.29, 0.717) is 11.8 Å². The number of rotatable bonds is 4. The molecule has 2 heterocycles. The smallest absolute Gasteiger partial charge is 0.322 e. The number of nitrogens with one attached hydrogen (secondary N) is 2. The first kappa shape index (κ1) is 14.8. The molecule has 0 bridgehead atoms. The van der Waals surface area contributed by atoms with Crippen LogP contribution in [0.1, 0.15) is 0 Å². The fourth-order valence-electron chi connectivity index (χ4n) is 2.19. The molecule has 3 rings (SSSR count). The highest BCUT2D eigenvalue weighted by Gasteiger charge is 2.28. The molecule has 1 aliphatic heterocycles. The van der Waals surface area contributed by atoms with Crippen molar-refractivity contribution >= 4 is 18.4 Å². The second-order valence-corrected chi connectivity index (χ2v) is 4.47. The summed E-state index contributed by atoms with van der Waals surface area (Å²) in [6, 6.07) is 10.3. The van der Waals surface area contributed by atoms with Crippen LogP contribution in [0.4, 0.5) is 6.01 Å². The van der Waals surface area contributed by atoms with Gasteiger partial charge >= 0.3 is 6.01 Å². The Balaban J connectivity index is 0.00000147. The van der Waals surface area contributed by atoms with Crippen LogP contribution in [0.15, 0.2) is 34.9 Å². The van der Waals surface area contributed by atoms with Gasteiger partial charge in [0, 0.05) is 25.8 Å². The molecule has 1 aliphatic rings. The average molecular weight is 297 g/mol. The van der Waals surface area contributed by atoms with Gasteiger partial charge in [0.15, 0.2) is 0 Å². The Labute approximate surface area is 123 Å². The lowest BCUT2D eigenvalue weighted by molar-refractivity contribution is 0.111. The van der Waals surface area contributed by atoms with Gasteiger partial charge in [-0.25, -0.2) is 0 Å². The SMILES string of the molecule is CO[C@H]1CNC[C@@H]1Nc1nc(-c2ccccc2)no1.Cl. The molecule has 6 nitrogen and oxygen atoms in total. The summed E-state index contributed by atoms with van der Waals surface area (Å²) in [6.07, 6.45) is 0.118. The molecular weight excluding hydrogens is 280 g/mol. The lowest BCUT2D eigenvalue weighted by Gasteiger charge is -2.16. The topological polar surface area (TPSA) is 72.2 Å². The third kappa shape index (κ3) is 3.09. The molecule has 0 saturated carbocycles. The number of methoxy groups -OCH3 is 1. The highest BCUT2D eigenvalue weighted by molar-refractivity contribution is 5.85. The Morgan fingerprint density at radius 2 is 2.10 bits per heavy atom. The molecule has 20 heavy (non-hydrogen) atoms. The second kappa shape index (κ2) is 6.69. The van der Waals surface area contributed by atoms with Crippen LogP contribution in [-0.4, -0.2) is 42.5 Å². The van der Waals surface area contributed by atoms with E-state index >= 15 is 0 Å². The summed E-state index contributed by atoms with van der Waals surface area (Å²) in [7, 11) is 1.70. The van der Waals surface area contributed by atoms with Crippen molar-refractivity contribution in [2.75, 3.05) is 25.5 Å². The number of nitrogens with zero attached hydrogens (tertiary/aromatic N) is 2. The van der Waals surface area contributed by atoms with E-state index in [1.54, 1.807) is 7.11 Å². The lowest BCUT2D eigenvalue weighted by Crippen LogP contribution is -2.33. The summed E-state index contributed by atoms with van der Waals surface area (Å²) in [5.74, 6) is 0.586. The second-order valence-electron chi connectivity index (χ2n) is 4.47. The van der Waals surface area contributed by atoms with Gasteiger partial charge in [0.25, 0.3) is 0 Å². The van der Waals surface area contributed by atoms with Crippen molar-refractivity contribution in [1.82, 2.24) is 15.5 Å². The molecular formula is C13H17ClN4O2. The van der Waals surface area contributed by atoms with E-state index in [4.69, 9.17) is 9.26 Å². The van der Waals surface area contributed by atoms with Crippen molar-refractivity contribution in [1.29, 1.82) is 0 Å². The minimum atomic E-state index is 0. The highest BCUT2D eigenvalue weighted by Crippen LogP contribution is 2.18. The molecule has 2 N–H and O–H groups in total. The van der Waals surface area contributed by atoms with Crippen LogP contribution in [0.2, 0.25) is 0 Å². The number of anilines is 1. The standard InChI is InChI=1S/C13H16N4O2.ClH/c1-18-11-8-14-7-10(11)15-13-16-12(17-19-13)9-5-3-2-4-6-9;/h2-6,10-11,14H,7-8H2,1H3,(H,15,16,17);1H/t10-,11-;/m0./s1. The summed E-state index contributed by atoms with van der Waals surface area (Å²) in [5, 5.41) is 10.4. The van der Waals surface area contributed by atoms with Gasteiger partial charge in [0.05, 0.1) is 12.1 Å². The Kier molecular flexibility index (Phi) is 4.94. The van der Waals surface area contributed by atoms with Gasteiger partial charge < -0.3 is 19.9 Å². The minimum absolute atomic E-state index is 0. The van der Waals surface area contributed by atoms with Crippen molar-refractivity contribution in [3.63, 3.8) is 0 Å². The average Bonchev–Trinajstić information content (AvgIpc) is 3.09. The van der Waals surface area contributed by atoms with Gasteiger partial charge in [-0.3, -0.25) is 0 Å². The maximum absolute atomic E-state index is 5.37. The monoisotopic (exact) mass is 296 g/mol. The number of hydrogen-bond acceptors (Lipinski definition) is 6. The molecule has 1 aromatic carbocycles. The van der Waals surface area contributed by atoms with E-state index in [0.717, 1.165) is 18.7 Å². The van der Waals surface area contributed by atoms with Gasteiger partial charge in [-0.1, -0.05) is 35.5 Å². The molecule has 0 amide bonds. The zero-order valence-corrected chi connectivity index (χ0v) is 11.9. The predicted octanol–water partition coefficient (Wildman–Crippen LogP) is 1.56. The van der Waals surface area contributed by atoms with E-state index in [9.17, 15) is 0 Å². The predicted molar refractivity (Wildman–Crippen MR) is 78.1 cm³/mol. The molecule has 1 aromatic heterocycles. The molecule has 0 spiro atoms. The molecule has 0 unspecified atom stereocenters. The summed E-state index contributed by atoms with van der Waals surface area (Å²) in [4.78, 5) is 4.34. The van der Waals surface area contributed by atoms with Gasteiger partial charge in [-0.2, -0.15) is 4.98 Å². The first-order valence-electron chi connectivity index (χ1n) is 6.26. The normalized spacial score (nSPS) is 21.4. The molecule has 1 saturated heterocycles. The molecule has 0 radical (unpaired) electrons. The molecule has 2 aromatic rings. The van der Waals surface area contributed by atoms with Crippen molar-refractivity contribution in [2.45, 2.75) is 12.1 Å². The number of ether oxygens (including phenoxy) is 1. The first-order chi connectivity index (χ1) is 9.36. The summed E-state index contributed by atoms with van der Waals surface area (Å²) in [6.45, 7) is 1.65. The number of benzene rings is 1. The zero-order valence-electron chi connectivity index (χ0n) is 11.1. The van der Waals surface area contributed by atoms with E-state index in [1.807, 2.05) is 30.3 Å². The van der Waals surface area contributed by atoms with Crippen LogP contribution in [-0.2, 0) is 4.74 Å². The summed E-state index contributed by atoms with van der Waals surface area (Å²) in [5.41, 5.74) is 0.937. The van der Waals surface area contributed by atoms with Crippen molar-refractivity contribution < 1.29 is 9.26 Å². The summed E-state index contributed by atoms with van der Waals surface area (Å²) >= 11 is 0. The van der Waals surface area contributed by atoms with E-state index < -0.39 is 0 Å². The van der Waals surface area contributed by atoms with Crippen LogP contribution in [0.3, 0.4) is 0 Å². The third-order valence-corrected chi connectivity index (χ3v) is 3.23. The molecule has 0 aliphatic carbocycles. The lowest BCUT2D eigenvalue weighted by atomic mass is 10.2. The molecule has 7 heteroatoms. The largest absolute Gasteiger partial charge is 0.378 e. The van der Waals surface area contributed by atoms with E-state index in [2.05, 4.69) is 20.8 Å². The van der Waals surface area contributed by atoms with Gasteiger partial charge in [0.1, 0.15) is 0 Å².